The molecule has 0 aliphatic carbocycles. The van der Waals surface area contributed by atoms with E-state index in [0.29, 0.717) is 18.5 Å². The Morgan fingerprint density at radius 2 is 2.32 bits per heavy atom. The largest absolute Gasteiger partial charge is 0.478 e. The quantitative estimate of drug-likeness (QED) is 0.821. The number of fused-ring (bicyclic) bond motifs is 1. The number of imidazole rings is 1. The van der Waals surface area contributed by atoms with Gasteiger partial charge in [0.25, 0.3) is 0 Å². The Morgan fingerprint density at radius 1 is 1.53 bits per heavy atom. The number of ether oxygens (including phenoxy) is 1. The van der Waals surface area contributed by atoms with Crippen LogP contribution in [0.2, 0.25) is 0 Å². The van der Waals surface area contributed by atoms with Gasteiger partial charge in [-0.2, -0.15) is 0 Å². The van der Waals surface area contributed by atoms with Gasteiger partial charge in [-0.25, -0.2) is 9.78 Å². The number of aromatic carboxylic acids is 1. The molecule has 0 aliphatic rings. The van der Waals surface area contributed by atoms with Crippen LogP contribution in [0.3, 0.4) is 0 Å². The van der Waals surface area contributed by atoms with Crippen LogP contribution in [0.5, 0.6) is 0 Å². The Bertz CT molecular complexity index is 573. The molecule has 0 aliphatic heterocycles. The molecule has 1 aromatic heterocycles. The van der Waals surface area contributed by atoms with Gasteiger partial charge >= 0.3 is 5.97 Å². The molecular formula is C13H16N2O4. The minimum atomic E-state index is -0.999. The van der Waals surface area contributed by atoms with E-state index in [1.165, 1.54) is 6.07 Å². The highest BCUT2D eigenvalue weighted by molar-refractivity contribution is 6.00. The van der Waals surface area contributed by atoms with E-state index >= 15 is 0 Å². The Hall–Kier alpha value is -1.92. The molecule has 19 heavy (non-hydrogen) atoms. The van der Waals surface area contributed by atoms with Gasteiger partial charge in [0.15, 0.2) is 0 Å². The summed E-state index contributed by atoms with van der Waals surface area (Å²) in [5.74, 6) is -0.999. The summed E-state index contributed by atoms with van der Waals surface area (Å²) in [5, 5.41) is 18.2. The highest BCUT2D eigenvalue weighted by Crippen LogP contribution is 2.23. The van der Waals surface area contributed by atoms with Crippen molar-refractivity contribution in [1.82, 2.24) is 9.55 Å². The highest BCUT2D eigenvalue weighted by Gasteiger charge is 2.17. The molecule has 2 rings (SSSR count). The van der Waals surface area contributed by atoms with Crippen LogP contribution in [-0.4, -0.2) is 46.1 Å². The second-order valence-electron chi connectivity index (χ2n) is 4.25. The molecule has 0 radical (unpaired) electrons. The van der Waals surface area contributed by atoms with E-state index in [2.05, 4.69) is 4.98 Å². The number of rotatable bonds is 6. The summed E-state index contributed by atoms with van der Waals surface area (Å²) in [4.78, 5) is 15.3. The first-order valence-electron chi connectivity index (χ1n) is 5.97. The Kier molecular flexibility index (Phi) is 4.13. The third-order valence-corrected chi connectivity index (χ3v) is 3.05. The Labute approximate surface area is 110 Å². The first-order valence-corrected chi connectivity index (χ1v) is 5.97. The monoisotopic (exact) mass is 264 g/mol. The fourth-order valence-electron chi connectivity index (χ4n) is 2.17. The van der Waals surface area contributed by atoms with Gasteiger partial charge in [0.1, 0.15) is 5.52 Å². The van der Waals surface area contributed by atoms with Gasteiger partial charge in [0, 0.05) is 13.7 Å². The number of hydrogen-bond donors (Lipinski definition) is 2. The summed E-state index contributed by atoms with van der Waals surface area (Å²) in [5.41, 5.74) is 1.36. The number of nitrogens with zero attached hydrogens (tertiary/aromatic N) is 2. The predicted octanol–water partition coefficient (Wildman–Crippen LogP) is 1.30. The van der Waals surface area contributed by atoms with E-state index in [-0.39, 0.29) is 18.2 Å². The number of aromatic nitrogens is 2. The molecule has 1 atom stereocenters. The topological polar surface area (TPSA) is 84.6 Å². The lowest BCUT2D eigenvalue weighted by Gasteiger charge is -2.17. The standard InChI is InChI=1S/C13H16N2O4/c1-19-7-9(5-6-16)15-8-14-12-10(13(17)18)3-2-4-11(12)15/h2-4,8-9,16H,5-7H2,1H3,(H,17,18). The van der Waals surface area contributed by atoms with Crippen LogP contribution in [0.1, 0.15) is 22.8 Å². The number of carboxylic acid groups (broad SMARTS) is 1. The van der Waals surface area contributed by atoms with Gasteiger partial charge in [-0.15, -0.1) is 0 Å². The van der Waals surface area contributed by atoms with Gasteiger partial charge in [-0.1, -0.05) is 6.07 Å². The molecule has 0 fully saturated rings. The Morgan fingerprint density at radius 3 is 2.95 bits per heavy atom. The van der Waals surface area contributed by atoms with Gasteiger partial charge < -0.3 is 19.5 Å². The fraction of sp³-hybridized carbons (Fsp3) is 0.385. The van der Waals surface area contributed by atoms with Gasteiger partial charge in [-0.05, 0) is 18.6 Å². The molecule has 0 spiro atoms. The van der Waals surface area contributed by atoms with Crippen molar-refractivity contribution in [3.63, 3.8) is 0 Å². The minimum Gasteiger partial charge on any atom is -0.478 e. The highest BCUT2D eigenvalue weighted by atomic mass is 16.5. The average molecular weight is 264 g/mol. The number of carboxylic acids is 1. The van der Waals surface area contributed by atoms with Gasteiger partial charge in [-0.3, -0.25) is 0 Å². The van der Waals surface area contributed by atoms with Crippen LogP contribution in [0.4, 0.5) is 0 Å². The summed E-state index contributed by atoms with van der Waals surface area (Å²) in [7, 11) is 1.59. The number of aliphatic hydroxyl groups is 1. The number of aliphatic hydroxyl groups excluding tert-OH is 1. The third kappa shape index (κ3) is 2.59. The molecule has 0 amide bonds. The molecule has 102 valence electrons. The molecular weight excluding hydrogens is 248 g/mol. The van der Waals surface area contributed by atoms with Crippen LogP contribution in [-0.2, 0) is 4.74 Å². The summed E-state index contributed by atoms with van der Waals surface area (Å²) in [6.45, 7) is 0.468. The molecule has 1 unspecified atom stereocenters. The van der Waals surface area contributed by atoms with Crippen molar-refractivity contribution in [3.05, 3.63) is 30.1 Å². The maximum absolute atomic E-state index is 11.1. The zero-order valence-electron chi connectivity index (χ0n) is 10.6. The van der Waals surface area contributed by atoms with Crippen molar-refractivity contribution >= 4 is 17.0 Å². The first-order chi connectivity index (χ1) is 9.19. The molecule has 2 N–H and O–H groups in total. The minimum absolute atomic E-state index is 0.0340. The van der Waals surface area contributed by atoms with E-state index in [1.807, 2.05) is 10.6 Å². The second kappa shape index (κ2) is 5.81. The number of methoxy groups -OCH3 is 1. The predicted molar refractivity (Wildman–Crippen MR) is 69.3 cm³/mol. The SMILES string of the molecule is COCC(CCO)n1cnc2c(C(=O)O)cccc21. The smallest absolute Gasteiger partial charge is 0.337 e. The van der Waals surface area contributed by atoms with Crippen molar-refractivity contribution < 1.29 is 19.7 Å². The lowest BCUT2D eigenvalue weighted by Crippen LogP contribution is -2.15. The maximum atomic E-state index is 11.1. The van der Waals surface area contributed by atoms with E-state index < -0.39 is 5.97 Å². The van der Waals surface area contributed by atoms with Crippen molar-refractivity contribution in [2.75, 3.05) is 20.3 Å². The number of benzene rings is 1. The normalized spacial score (nSPS) is 12.7. The average Bonchev–Trinajstić information content (AvgIpc) is 2.81. The van der Waals surface area contributed by atoms with E-state index in [0.717, 1.165) is 5.52 Å². The second-order valence-corrected chi connectivity index (χ2v) is 4.25. The molecule has 0 saturated heterocycles. The van der Waals surface area contributed by atoms with Crippen LogP contribution in [0, 0.1) is 0 Å². The van der Waals surface area contributed by atoms with Crippen LogP contribution < -0.4 is 0 Å². The Balaban J connectivity index is 2.49. The van der Waals surface area contributed by atoms with Crippen LogP contribution in [0.15, 0.2) is 24.5 Å². The molecule has 0 saturated carbocycles. The zero-order chi connectivity index (χ0) is 13.8. The van der Waals surface area contributed by atoms with Gasteiger partial charge in [0.05, 0.1) is 30.1 Å². The van der Waals surface area contributed by atoms with E-state index in [9.17, 15) is 4.79 Å². The van der Waals surface area contributed by atoms with E-state index in [4.69, 9.17) is 14.9 Å². The summed E-state index contributed by atoms with van der Waals surface area (Å²) in [6, 6.07) is 4.96. The summed E-state index contributed by atoms with van der Waals surface area (Å²) >= 11 is 0. The molecule has 2 aromatic rings. The van der Waals surface area contributed by atoms with Crippen LogP contribution in [0.25, 0.3) is 11.0 Å². The molecule has 6 heteroatoms. The van der Waals surface area contributed by atoms with Crippen molar-refractivity contribution in [2.45, 2.75) is 12.5 Å². The van der Waals surface area contributed by atoms with Crippen molar-refractivity contribution in [1.29, 1.82) is 0 Å². The number of para-hydroxylation sites is 1. The number of carbonyl (C=O) groups is 1. The fourth-order valence-corrected chi connectivity index (χ4v) is 2.17. The van der Waals surface area contributed by atoms with E-state index in [1.54, 1.807) is 19.5 Å². The molecule has 6 nitrogen and oxygen atoms in total. The lowest BCUT2D eigenvalue weighted by atomic mass is 10.1. The maximum Gasteiger partial charge on any atom is 0.337 e. The molecule has 1 heterocycles. The zero-order valence-corrected chi connectivity index (χ0v) is 10.6. The lowest BCUT2D eigenvalue weighted by molar-refractivity contribution is 0.0699. The number of hydrogen-bond acceptors (Lipinski definition) is 4. The molecule has 0 bridgehead atoms. The first kappa shape index (κ1) is 13.5. The van der Waals surface area contributed by atoms with Crippen molar-refractivity contribution in [2.24, 2.45) is 0 Å². The van der Waals surface area contributed by atoms with Gasteiger partial charge in [0.2, 0.25) is 0 Å². The molecule has 1 aromatic carbocycles. The summed E-state index contributed by atoms with van der Waals surface area (Å²) in [6.07, 6.45) is 2.12. The third-order valence-electron chi connectivity index (χ3n) is 3.05. The van der Waals surface area contributed by atoms with Crippen molar-refractivity contribution in [3.8, 4) is 0 Å². The van der Waals surface area contributed by atoms with Crippen LogP contribution >= 0.6 is 0 Å². The summed E-state index contributed by atoms with van der Waals surface area (Å²) < 4.78 is 6.98.